The molecule has 0 atom stereocenters. The number of thiophene rings is 4. The van der Waals surface area contributed by atoms with Crippen LogP contribution in [0, 0.1) is 0 Å². The smallest absolute Gasteiger partial charge is 0.422 e. The average Bonchev–Trinajstić information content (AvgIpc) is 3.85. The number of nitrogens with zero attached hydrogens (tertiary/aromatic N) is 1. The number of benzene rings is 1. The maximum atomic E-state index is 13.0. The summed E-state index contributed by atoms with van der Waals surface area (Å²) in [6.07, 6.45) is 4.32. The highest BCUT2D eigenvalue weighted by atomic mass is 32.1. The third-order valence-corrected chi connectivity index (χ3v) is 15.8. The number of hydrogen-bond acceptors (Lipinski definition) is 10. The molecule has 240 valence electrons. The molecule has 6 rings (SSSR count). The highest BCUT2D eigenvalue weighted by Crippen LogP contribution is 2.43. The fraction of sp³-hybridized carbons (Fsp3) is 0.286. The van der Waals surface area contributed by atoms with Crippen molar-refractivity contribution in [1.29, 1.82) is 0 Å². The molecular formula is C35H37NO5S4Si. The third kappa shape index (κ3) is 6.74. The molecule has 0 unspecified atom stereocenters. The molecule has 0 aliphatic carbocycles. The average molecular weight is 708 g/mol. The molecule has 0 bridgehead atoms. The van der Waals surface area contributed by atoms with E-state index in [0.29, 0.717) is 31.0 Å². The van der Waals surface area contributed by atoms with E-state index >= 15 is 0 Å². The van der Waals surface area contributed by atoms with Crippen LogP contribution in [0.3, 0.4) is 0 Å². The normalized spacial score (nSPS) is 12.3. The second-order valence-electron chi connectivity index (χ2n) is 10.4. The number of fused-ring (bicyclic) bond motifs is 2. The Balaban J connectivity index is 1.19. The molecule has 0 fully saturated rings. The van der Waals surface area contributed by atoms with Crippen molar-refractivity contribution >= 4 is 96.9 Å². The van der Waals surface area contributed by atoms with Crippen LogP contribution in [0.5, 0.6) is 0 Å². The Kier molecular flexibility index (Phi) is 10.4. The zero-order valence-electron chi connectivity index (χ0n) is 26.6. The zero-order chi connectivity index (χ0) is 32.3. The van der Waals surface area contributed by atoms with Crippen LogP contribution in [0.25, 0.3) is 52.7 Å². The topological polar surface area (TPSA) is 61.1 Å². The summed E-state index contributed by atoms with van der Waals surface area (Å²) in [4.78, 5) is 20.9. The first kappa shape index (κ1) is 33.0. The highest BCUT2D eigenvalue weighted by molar-refractivity contribution is 7.31. The zero-order valence-corrected chi connectivity index (χ0v) is 30.9. The summed E-state index contributed by atoms with van der Waals surface area (Å²) in [6, 6.07) is 20.9. The van der Waals surface area contributed by atoms with Crippen molar-refractivity contribution in [3.05, 3.63) is 80.8 Å². The molecule has 0 aliphatic heterocycles. The van der Waals surface area contributed by atoms with Crippen molar-refractivity contribution in [3.8, 4) is 20.2 Å². The monoisotopic (exact) mass is 707 g/mol. The maximum Gasteiger partial charge on any atom is 0.547 e. The van der Waals surface area contributed by atoms with Gasteiger partial charge in [-0.25, -0.2) is 4.79 Å². The molecule has 5 heterocycles. The molecule has 5 aromatic heterocycles. The fourth-order valence-corrected chi connectivity index (χ4v) is 13.0. The SMILES string of the molecule is CCO[Si](OCC)(OCC)c1ccc(/C=C/c2cc3sc(-c4ccc(-c5cc6ccc(N(CC)CC)cc6oc5=O)s4)cc3s2)s1. The van der Waals surface area contributed by atoms with Gasteiger partial charge in [0.15, 0.2) is 0 Å². The first-order valence-electron chi connectivity index (χ1n) is 15.6. The van der Waals surface area contributed by atoms with Crippen LogP contribution in [-0.4, -0.2) is 41.7 Å². The predicted molar refractivity (Wildman–Crippen MR) is 202 cm³/mol. The van der Waals surface area contributed by atoms with E-state index < -0.39 is 8.80 Å². The van der Waals surface area contributed by atoms with E-state index in [1.165, 1.54) is 19.2 Å². The summed E-state index contributed by atoms with van der Waals surface area (Å²) in [7, 11) is -2.89. The van der Waals surface area contributed by atoms with Crippen LogP contribution < -0.4 is 15.0 Å². The molecule has 0 saturated carbocycles. The number of hydrogen-bond donors (Lipinski definition) is 0. The fourth-order valence-electron chi connectivity index (χ4n) is 5.41. The van der Waals surface area contributed by atoms with Gasteiger partial charge in [0.1, 0.15) is 5.58 Å². The van der Waals surface area contributed by atoms with Crippen LogP contribution in [0.4, 0.5) is 5.69 Å². The molecular weight excluding hydrogens is 671 g/mol. The Bertz CT molecular complexity index is 1980. The molecule has 6 aromatic rings. The van der Waals surface area contributed by atoms with E-state index in [1.807, 2.05) is 45.0 Å². The van der Waals surface area contributed by atoms with Gasteiger partial charge in [0.2, 0.25) is 0 Å². The Morgan fingerprint density at radius 3 is 2.09 bits per heavy atom. The van der Waals surface area contributed by atoms with E-state index in [0.717, 1.165) is 43.3 Å². The number of anilines is 1. The van der Waals surface area contributed by atoms with Crippen molar-refractivity contribution in [2.24, 2.45) is 0 Å². The molecule has 0 spiro atoms. The van der Waals surface area contributed by atoms with E-state index in [2.05, 4.69) is 67.3 Å². The number of rotatable bonds is 14. The van der Waals surface area contributed by atoms with E-state index in [9.17, 15) is 4.79 Å². The van der Waals surface area contributed by atoms with Gasteiger partial charge in [0, 0.05) is 83.8 Å². The predicted octanol–water partition coefficient (Wildman–Crippen LogP) is 9.80. The van der Waals surface area contributed by atoms with Gasteiger partial charge in [-0.2, -0.15) is 0 Å². The second kappa shape index (κ2) is 14.5. The van der Waals surface area contributed by atoms with Crippen LogP contribution in [0.15, 0.2) is 69.9 Å². The summed E-state index contributed by atoms with van der Waals surface area (Å²) in [5, 5.41) is 0.927. The van der Waals surface area contributed by atoms with E-state index in [-0.39, 0.29) is 5.63 Å². The van der Waals surface area contributed by atoms with Crippen molar-refractivity contribution in [3.63, 3.8) is 0 Å². The van der Waals surface area contributed by atoms with E-state index in [1.54, 1.807) is 45.3 Å². The summed E-state index contributed by atoms with van der Waals surface area (Å²) < 4.78 is 27.6. The summed E-state index contributed by atoms with van der Waals surface area (Å²) >= 11 is 6.86. The molecule has 0 saturated heterocycles. The van der Waals surface area contributed by atoms with Gasteiger partial charge in [-0.3, -0.25) is 0 Å². The summed E-state index contributed by atoms with van der Waals surface area (Å²) in [5.41, 5.74) is 1.98. The third-order valence-electron chi connectivity index (χ3n) is 7.53. The van der Waals surface area contributed by atoms with Crippen LogP contribution in [0.2, 0.25) is 0 Å². The molecule has 0 amide bonds. The van der Waals surface area contributed by atoms with Crippen LogP contribution >= 0.6 is 45.3 Å². The van der Waals surface area contributed by atoms with Crippen LogP contribution in [0.1, 0.15) is 44.4 Å². The maximum absolute atomic E-state index is 13.0. The Morgan fingerprint density at radius 1 is 0.696 bits per heavy atom. The largest absolute Gasteiger partial charge is 0.547 e. The lowest BCUT2D eigenvalue weighted by molar-refractivity contribution is 0.0866. The highest BCUT2D eigenvalue weighted by Gasteiger charge is 2.44. The van der Waals surface area contributed by atoms with Gasteiger partial charge >= 0.3 is 14.4 Å². The molecule has 0 aliphatic rings. The van der Waals surface area contributed by atoms with Crippen molar-refractivity contribution in [2.45, 2.75) is 34.6 Å². The van der Waals surface area contributed by atoms with Crippen molar-refractivity contribution in [2.75, 3.05) is 37.8 Å². The van der Waals surface area contributed by atoms with E-state index in [4.69, 9.17) is 17.7 Å². The van der Waals surface area contributed by atoms with Crippen molar-refractivity contribution < 1.29 is 17.7 Å². The second-order valence-corrected chi connectivity index (χ2v) is 17.7. The Hall–Kier alpha value is -2.87. The Morgan fingerprint density at radius 2 is 1.39 bits per heavy atom. The molecule has 6 nitrogen and oxygen atoms in total. The molecule has 1 aromatic carbocycles. The standard InChI is InChI=1S/C35H37NO5S4Si/c1-6-36(7-2)24-12-11-23-19-27(35(37)41-28(23)20-24)29-16-17-30(44-29)32-22-33-31(45-32)21-26(42-33)14-13-25-15-18-34(43-25)46(38-8-3,39-9-4)40-10-5/h11-22H,6-10H2,1-5H3/b14-13+. The molecule has 0 N–H and O–H groups in total. The summed E-state index contributed by atoms with van der Waals surface area (Å²) in [5.74, 6) is 0. The molecule has 0 radical (unpaired) electrons. The lowest BCUT2D eigenvalue weighted by atomic mass is 10.1. The Labute approximate surface area is 286 Å². The van der Waals surface area contributed by atoms with Gasteiger partial charge in [-0.05, 0) is 101 Å². The lowest BCUT2D eigenvalue weighted by Gasteiger charge is -2.27. The summed E-state index contributed by atoms with van der Waals surface area (Å²) in [6.45, 7) is 13.6. The minimum atomic E-state index is -2.89. The first-order valence-corrected chi connectivity index (χ1v) is 20.6. The molecule has 11 heteroatoms. The van der Waals surface area contributed by atoms with Crippen LogP contribution in [-0.2, 0) is 13.3 Å². The van der Waals surface area contributed by atoms with Gasteiger partial charge in [-0.1, -0.05) is 0 Å². The lowest BCUT2D eigenvalue weighted by Crippen LogP contribution is -2.55. The minimum absolute atomic E-state index is 0.305. The van der Waals surface area contributed by atoms with Crippen molar-refractivity contribution in [1.82, 2.24) is 0 Å². The quantitative estimate of drug-likeness (QED) is 0.0830. The first-order chi connectivity index (χ1) is 22.4. The van der Waals surface area contributed by atoms with Gasteiger partial charge in [0.05, 0.1) is 10.1 Å². The van der Waals surface area contributed by atoms with Gasteiger partial charge in [0.25, 0.3) is 0 Å². The minimum Gasteiger partial charge on any atom is -0.422 e. The molecule has 46 heavy (non-hydrogen) atoms. The van der Waals surface area contributed by atoms with Gasteiger partial charge < -0.3 is 22.6 Å². The van der Waals surface area contributed by atoms with Gasteiger partial charge in [-0.15, -0.1) is 45.3 Å².